The molecule has 0 nitrogen and oxygen atoms in total. The first-order valence-electron chi connectivity index (χ1n) is 16.5. The van der Waals surface area contributed by atoms with Gasteiger partial charge < -0.3 is 0 Å². The topological polar surface area (TPSA) is 0 Å². The van der Waals surface area contributed by atoms with E-state index in [4.69, 9.17) is 6.42 Å². The molecule has 0 aromatic heterocycles. The molecule has 0 bridgehead atoms. The maximum Gasteiger partial charge on any atom is -0.00270 e. The lowest BCUT2D eigenvalue weighted by Crippen LogP contribution is -2.10. The van der Waals surface area contributed by atoms with E-state index in [-0.39, 0.29) is 5.41 Å². The Labute approximate surface area is 262 Å². The lowest BCUT2D eigenvalue weighted by molar-refractivity contribution is 0.319. The molecule has 0 amide bonds. The van der Waals surface area contributed by atoms with Gasteiger partial charge >= 0.3 is 0 Å². The first-order chi connectivity index (χ1) is 19.0. The third kappa shape index (κ3) is 34.1. The van der Waals surface area contributed by atoms with Crippen molar-refractivity contribution < 1.29 is 0 Å². The SMILES string of the molecule is C#CC(C)=C(C)C.C=C(C)c1cccc(C(C)(C)C)c1.C=CC.CC.CC.CC1CCCC1.CCCC(C)(C)CC. The Morgan fingerprint density at radius 2 is 1.39 bits per heavy atom. The molecule has 240 valence electrons. The van der Waals surface area contributed by atoms with Crippen molar-refractivity contribution in [3.8, 4) is 12.3 Å². The Hall–Kier alpha value is -2.00. The van der Waals surface area contributed by atoms with E-state index in [1.54, 1.807) is 6.08 Å². The monoisotopic (exact) mass is 569 g/mol. The highest BCUT2D eigenvalue weighted by atomic mass is 14.2. The van der Waals surface area contributed by atoms with Crippen LogP contribution in [-0.4, -0.2) is 0 Å². The highest BCUT2D eigenvalue weighted by Gasteiger charge is 2.13. The first-order valence-corrected chi connectivity index (χ1v) is 16.5. The van der Waals surface area contributed by atoms with Gasteiger partial charge in [-0.1, -0.05) is 176 Å². The second kappa shape index (κ2) is 30.9. The van der Waals surface area contributed by atoms with Crippen molar-refractivity contribution in [1.29, 1.82) is 0 Å². The third-order valence-corrected chi connectivity index (χ3v) is 6.72. The molecule has 0 atom stereocenters. The molecule has 0 spiro atoms. The average Bonchev–Trinajstić information content (AvgIpc) is 3.42. The fourth-order valence-corrected chi connectivity index (χ4v) is 3.38. The molecule has 1 aliphatic carbocycles. The number of benzene rings is 1. The van der Waals surface area contributed by atoms with E-state index in [1.807, 2.05) is 62.3 Å². The second-order valence-electron chi connectivity index (χ2n) is 12.4. The Bertz CT molecular complexity index is 791. The van der Waals surface area contributed by atoms with Crippen molar-refractivity contribution in [3.63, 3.8) is 0 Å². The predicted octanol–water partition coefficient (Wildman–Crippen LogP) is 14.7. The average molecular weight is 569 g/mol. The largest absolute Gasteiger partial charge is 0.115 e. The van der Waals surface area contributed by atoms with Gasteiger partial charge in [0, 0.05) is 0 Å². The van der Waals surface area contributed by atoms with Crippen LogP contribution in [0.1, 0.15) is 174 Å². The summed E-state index contributed by atoms with van der Waals surface area (Å²) < 4.78 is 0. The number of rotatable bonds is 4. The van der Waals surface area contributed by atoms with Crippen LogP contribution in [0.25, 0.3) is 5.57 Å². The van der Waals surface area contributed by atoms with Gasteiger partial charge in [-0.25, -0.2) is 0 Å². The summed E-state index contributed by atoms with van der Waals surface area (Å²) in [5, 5.41) is 0. The van der Waals surface area contributed by atoms with Gasteiger partial charge in [-0.2, -0.15) is 0 Å². The molecule has 1 saturated carbocycles. The molecule has 0 heteroatoms. The summed E-state index contributed by atoms with van der Waals surface area (Å²) in [6.07, 6.45) is 16.8. The maximum absolute atomic E-state index is 5.07. The van der Waals surface area contributed by atoms with Gasteiger partial charge in [-0.3, -0.25) is 0 Å². The van der Waals surface area contributed by atoms with Gasteiger partial charge in [0.2, 0.25) is 0 Å². The number of hydrogen-bond donors (Lipinski definition) is 0. The predicted molar refractivity (Wildman–Crippen MR) is 198 cm³/mol. The van der Waals surface area contributed by atoms with Crippen LogP contribution in [0.5, 0.6) is 0 Å². The Morgan fingerprint density at radius 1 is 0.951 bits per heavy atom. The molecule has 2 rings (SSSR count). The van der Waals surface area contributed by atoms with Gasteiger partial charge in [0.25, 0.3) is 0 Å². The molecule has 0 saturated heterocycles. The van der Waals surface area contributed by atoms with Crippen molar-refractivity contribution >= 4 is 5.57 Å². The van der Waals surface area contributed by atoms with Crippen molar-refractivity contribution in [2.24, 2.45) is 11.3 Å². The molecular formula is C41H76. The van der Waals surface area contributed by atoms with Gasteiger partial charge in [0.05, 0.1) is 0 Å². The van der Waals surface area contributed by atoms with Crippen LogP contribution < -0.4 is 0 Å². The maximum atomic E-state index is 5.07. The number of hydrogen-bond acceptors (Lipinski definition) is 0. The minimum absolute atomic E-state index is 0.228. The Morgan fingerprint density at radius 3 is 1.59 bits per heavy atom. The van der Waals surface area contributed by atoms with Crippen molar-refractivity contribution in [3.05, 3.63) is 65.8 Å². The minimum Gasteiger partial charge on any atom is -0.115 e. The molecule has 41 heavy (non-hydrogen) atoms. The molecule has 1 aliphatic rings. The summed E-state index contributed by atoms with van der Waals surface area (Å²) in [5.41, 5.74) is 6.83. The van der Waals surface area contributed by atoms with E-state index in [0.29, 0.717) is 5.41 Å². The van der Waals surface area contributed by atoms with Gasteiger partial charge in [-0.05, 0) is 74.5 Å². The smallest absolute Gasteiger partial charge is 0.00270 e. The summed E-state index contributed by atoms with van der Waals surface area (Å²) in [6.45, 7) is 43.4. The zero-order valence-electron chi connectivity index (χ0n) is 31.4. The summed E-state index contributed by atoms with van der Waals surface area (Å²) in [6, 6.07) is 8.61. The van der Waals surface area contributed by atoms with Crippen LogP contribution in [-0.2, 0) is 5.41 Å². The molecule has 0 unspecified atom stereocenters. The molecule has 1 fully saturated rings. The number of terminal acetylenes is 1. The molecular weight excluding hydrogens is 492 g/mol. The van der Waals surface area contributed by atoms with E-state index in [2.05, 4.69) is 98.7 Å². The van der Waals surface area contributed by atoms with Crippen molar-refractivity contribution in [2.75, 3.05) is 0 Å². The lowest BCUT2D eigenvalue weighted by atomic mass is 9.85. The summed E-state index contributed by atoms with van der Waals surface area (Å²) in [7, 11) is 0. The highest BCUT2D eigenvalue weighted by molar-refractivity contribution is 5.62. The van der Waals surface area contributed by atoms with E-state index < -0.39 is 0 Å². The Balaban J connectivity index is -0.000000135. The number of allylic oxidation sites excluding steroid dienone is 4. The molecule has 1 aromatic rings. The van der Waals surface area contributed by atoms with Crippen LogP contribution in [0.2, 0.25) is 0 Å². The van der Waals surface area contributed by atoms with Crippen LogP contribution >= 0.6 is 0 Å². The van der Waals surface area contributed by atoms with Crippen molar-refractivity contribution in [2.45, 2.75) is 168 Å². The van der Waals surface area contributed by atoms with Gasteiger partial charge in [0.15, 0.2) is 0 Å². The Kier molecular flexibility index (Phi) is 36.8. The zero-order valence-corrected chi connectivity index (χ0v) is 31.4. The summed E-state index contributed by atoms with van der Waals surface area (Å²) in [4.78, 5) is 0. The van der Waals surface area contributed by atoms with Crippen LogP contribution in [0.4, 0.5) is 0 Å². The fourth-order valence-electron chi connectivity index (χ4n) is 3.38. The van der Waals surface area contributed by atoms with Crippen molar-refractivity contribution in [1.82, 2.24) is 0 Å². The van der Waals surface area contributed by atoms with E-state index >= 15 is 0 Å². The fraction of sp³-hybridized carbons (Fsp3) is 0.659. The van der Waals surface area contributed by atoms with Gasteiger partial charge in [-0.15, -0.1) is 13.0 Å². The molecule has 1 aromatic carbocycles. The van der Waals surface area contributed by atoms with E-state index in [1.165, 1.54) is 61.6 Å². The molecule has 0 aliphatic heterocycles. The van der Waals surface area contributed by atoms with Crippen LogP contribution in [0.15, 0.2) is 54.6 Å². The normalized spacial score (nSPS) is 11.5. The lowest BCUT2D eigenvalue weighted by Gasteiger charge is -2.20. The van der Waals surface area contributed by atoms with Gasteiger partial charge in [0.1, 0.15) is 0 Å². The first kappa shape index (κ1) is 48.7. The molecule has 0 heterocycles. The summed E-state index contributed by atoms with van der Waals surface area (Å²) in [5.74, 6) is 3.59. The third-order valence-electron chi connectivity index (χ3n) is 6.72. The molecule has 0 N–H and O–H groups in total. The highest BCUT2D eigenvalue weighted by Crippen LogP contribution is 2.26. The molecule has 0 radical (unpaired) electrons. The van der Waals surface area contributed by atoms with Crippen LogP contribution in [0.3, 0.4) is 0 Å². The minimum atomic E-state index is 0.228. The second-order valence-corrected chi connectivity index (χ2v) is 12.4. The zero-order chi connectivity index (χ0) is 33.7. The quantitative estimate of drug-likeness (QED) is 0.250. The van der Waals surface area contributed by atoms with E-state index in [0.717, 1.165) is 17.1 Å². The summed E-state index contributed by atoms with van der Waals surface area (Å²) >= 11 is 0. The van der Waals surface area contributed by atoms with E-state index in [9.17, 15) is 0 Å². The van der Waals surface area contributed by atoms with Crippen LogP contribution in [0, 0.1) is 23.7 Å². The standard InChI is InChI=1S/C13H18.C8H18.C7H10.C6H12.C3H6.2C2H6/c1-10(2)11-7-6-8-12(9-11)13(3,4)5;1-5-7-8(3,4)6-2;1-5-7(4)6(2)3;1-6-4-2-3-5-6;1-3-2;2*1-2/h6-9H,1H2,2-5H3;5-7H2,1-4H3;1H,2-4H3;6H,2-5H2,1H3;3H,1H2,2H3;2*1-2H3.